The van der Waals surface area contributed by atoms with E-state index in [9.17, 15) is 4.79 Å². The van der Waals surface area contributed by atoms with E-state index in [0.717, 1.165) is 11.4 Å². The van der Waals surface area contributed by atoms with Crippen LogP contribution < -0.4 is 0 Å². The van der Waals surface area contributed by atoms with Crippen LogP contribution in [-0.4, -0.2) is 33.8 Å². The van der Waals surface area contributed by atoms with Crippen molar-refractivity contribution >= 4 is 34.5 Å². The van der Waals surface area contributed by atoms with Gasteiger partial charge in [0.1, 0.15) is 10.7 Å². The van der Waals surface area contributed by atoms with E-state index in [0.29, 0.717) is 10.7 Å². The van der Waals surface area contributed by atoms with Gasteiger partial charge in [-0.25, -0.2) is 4.99 Å². The lowest BCUT2D eigenvalue weighted by Gasteiger charge is -2.07. The summed E-state index contributed by atoms with van der Waals surface area (Å²) in [6, 6.07) is 0. The van der Waals surface area contributed by atoms with Gasteiger partial charge < -0.3 is 0 Å². The smallest absolute Gasteiger partial charge is 0.293 e. The fourth-order valence-electron chi connectivity index (χ4n) is 1.51. The van der Waals surface area contributed by atoms with Gasteiger partial charge in [-0.2, -0.15) is 0 Å². The summed E-state index contributed by atoms with van der Waals surface area (Å²) in [5, 5.41) is 4.75. The molecule has 1 atom stereocenters. The molecular weight excluding hydrogens is 214 g/mol. The normalized spacial score (nSPS) is 24.5. The van der Waals surface area contributed by atoms with Crippen LogP contribution in [0, 0.1) is 0 Å². The number of rotatable bonds is 1. The van der Waals surface area contributed by atoms with E-state index in [2.05, 4.69) is 10.1 Å². The van der Waals surface area contributed by atoms with Gasteiger partial charge in [-0.15, -0.1) is 0 Å². The number of halogens is 1. The first-order chi connectivity index (χ1) is 7.00. The summed E-state index contributed by atoms with van der Waals surface area (Å²) in [4.78, 5) is 15.6. The first-order valence-electron chi connectivity index (χ1n) is 4.65. The Morgan fingerprint density at radius 3 is 2.80 bits per heavy atom. The Morgan fingerprint density at radius 2 is 2.20 bits per heavy atom. The van der Waals surface area contributed by atoms with Crippen molar-refractivity contribution in [2.45, 2.75) is 26.9 Å². The van der Waals surface area contributed by atoms with Gasteiger partial charge in [0.05, 0.1) is 0 Å². The Hall–Kier alpha value is -1.29. The molecule has 2 heterocycles. The Kier molecular flexibility index (Phi) is 2.31. The second-order valence-corrected chi connectivity index (χ2v) is 4.03. The summed E-state index contributed by atoms with van der Waals surface area (Å²) < 4.78 is 1.69. The zero-order valence-electron chi connectivity index (χ0n) is 8.78. The van der Waals surface area contributed by atoms with E-state index in [1.807, 2.05) is 13.8 Å². The molecule has 5 heteroatoms. The third-order valence-electron chi connectivity index (χ3n) is 2.51. The first kappa shape index (κ1) is 10.2. The largest absolute Gasteiger partial charge is 0.313 e. The third kappa shape index (κ3) is 1.55. The molecule has 0 fully saturated rings. The predicted octanol–water partition coefficient (Wildman–Crippen LogP) is 1.34. The molecule has 0 bridgehead atoms. The van der Waals surface area contributed by atoms with E-state index in [4.69, 9.17) is 11.6 Å². The summed E-state index contributed by atoms with van der Waals surface area (Å²) in [6.07, 6.45) is 1.32. The molecule has 0 saturated carbocycles. The van der Waals surface area contributed by atoms with Gasteiger partial charge in [-0.3, -0.25) is 4.79 Å². The second-order valence-electron chi connectivity index (χ2n) is 3.59. The molecular formula is C10H11ClN3O+. The molecule has 15 heavy (non-hydrogen) atoms. The molecule has 0 aromatic carbocycles. The molecule has 0 aromatic heterocycles. The highest BCUT2D eigenvalue weighted by Gasteiger charge is 2.38. The van der Waals surface area contributed by atoms with Crippen molar-refractivity contribution in [1.29, 1.82) is 0 Å². The van der Waals surface area contributed by atoms with Crippen LogP contribution >= 0.6 is 11.6 Å². The van der Waals surface area contributed by atoms with Crippen molar-refractivity contribution in [1.82, 2.24) is 0 Å². The van der Waals surface area contributed by atoms with Crippen molar-refractivity contribution in [2.75, 3.05) is 0 Å². The molecule has 2 aliphatic heterocycles. The maximum Gasteiger partial charge on any atom is 0.313 e. The van der Waals surface area contributed by atoms with Gasteiger partial charge in [0.25, 0.3) is 0 Å². The van der Waals surface area contributed by atoms with Crippen LogP contribution in [0.2, 0.25) is 0 Å². The van der Waals surface area contributed by atoms with Gasteiger partial charge >= 0.3 is 6.17 Å². The minimum atomic E-state index is -0.269. The molecule has 0 radical (unpaired) electrons. The summed E-state index contributed by atoms with van der Waals surface area (Å²) in [7, 11) is 0. The van der Waals surface area contributed by atoms with Crippen molar-refractivity contribution in [2.24, 2.45) is 10.1 Å². The van der Waals surface area contributed by atoms with Crippen molar-refractivity contribution in [3.8, 4) is 0 Å². The van der Waals surface area contributed by atoms with E-state index < -0.39 is 0 Å². The number of Topliss-reactive ketones (excluding diaryl/α,β-unsaturated/α-hetero) is 1. The van der Waals surface area contributed by atoms with Crippen LogP contribution in [0.25, 0.3) is 0 Å². The van der Waals surface area contributed by atoms with E-state index in [1.54, 1.807) is 10.8 Å². The third-order valence-corrected chi connectivity index (χ3v) is 2.82. The maximum absolute atomic E-state index is 11.2. The molecule has 4 nitrogen and oxygen atoms in total. The number of allylic oxidation sites excluding steroid dienone is 1. The number of hydrogen-bond donors (Lipinski definition) is 0. The minimum absolute atomic E-state index is 0.0936. The van der Waals surface area contributed by atoms with Crippen LogP contribution in [0.15, 0.2) is 21.2 Å². The molecule has 0 N–H and O–H groups in total. The summed E-state index contributed by atoms with van der Waals surface area (Å²) >= 11 is 6.05. The first-order valence-corrected chi connectivity index (χ1v) is 5.02. The standard InChI is InChI=1S/C10H11ClN3O/c1-5-6(2)14-10(12-5)8(11)4-9(13-14)7(3)15/h4,10H,1-3H3/q+1. The average Bonchev–Trinajstić information content (AvgIpc) is 2.45. The lowest BCUT2D eigenvalue weighted by molar-refractivity contribution is -0.555. The molecule has 1 unspecified atom stereocenters. The molecule has 0 saturated heterocycles. The highest BCUT2D eigenvalue weighted by molar-refractivity contribution is 6.46. The number of hydrazone groups is 1. The number of nitrogens with zero attached hydrogens (tertiary/aromatic N) is 3. The summed E-state index contributed by atoms with van der Waals surface area (Å²) in [5.74, 6) is -0.0936. The predicted molar refractivity (Wildman–Crippen MR) is 59.9 cm³/mol. The van der Waals surface area contributed by atoms with Crippen LogP contribution in [-0.2, 0) is 4.79 Å². The number of carbonyl (C=O) groups is 1. The number of ketones is 1. The summed E-state index contributed by atoms with van der Waals surface area (Å²) in [6.45, 7) is 5.29. The van der Waals surface area contributed by atoms with Crippen LogP contribution in [0.3, 0.4) is 0 Å². The second kappa shape index (κ2) is 3.38. The van der Waals surface area contributed by atoms with Crippen molar-refractivity contribution in [3.05, 3.63) is 11.1 Å². The Morgan fingerprint density at radius 1 is 1.53 bits per heavy atom. The highest BCUT2D eigenvalue weighted by atomic mass is 35.5. The summed E-state index contributed by atoms with van der Waals surface area (Å²) in [5.41, 5.74) is 2.21. The van der Waals surface area contributed by atoms with Gasteiger partial charge in [-0.1, -0.05) is 16.3 Å². The zero-order chi connectivity index (χ0) is 11.2. The molecule has 2 aliphatic rings. The Labute approximate surface area is 92.7 Å². The van der Waals surface area contributed by atoms with Crippen LogP contribution in [0.4, 0.5) is 0 Å². The van der Waals surface area contributed by atoms with Gasteiger partial charge in [0, 0.05) is 18.9 Å². The number of fused-ring (bicyclic) bond motifs is 1. The fourth-order valence-corrected chi connectivity index (χ4v) is 1.76. The number of carbonyl (C=O) groups excluding carboxylic acids is 1. The molecule has 0 spiro atoms. The Bertz CT molecular complexity index is 471. The number of aliphatic imine (C=N–C) groups is 1. The van der Waals surface area contributed by atoms with Crippen molar-refractivity contribution in [3.63, 3.8) is 0 Å². The van der Waals surface area contributed by atoms with Crippen LogP contribution in [0.1, 0.15) is 20.8 Å². The molecule has 0 aliphatic carbocycles. The topological polar surface area (TPSA) is 44.8 Å². The molecule has 0 amide bonds. The fraction of sp³-hybridized carbons (Fsp3) is 0.400. The highest BCUT2D eigenvalue weighted by Crippen LogP contribution is 2.22. The van der Waals surface area contributed by atoms with Gasteiger partial charge in [0.2, 0.25) is 5.71 Å². The quantitative estimate of drug-likeness (QED) is 0.620. The lowest BCUT2D eigenvalue weighted by Crippen LogP contribution is -2.28. The van der Waals surface area contributed by atoms with Gasteiger partial charge in [0.15, 0.2) is 11.5 Å². The van der Waals surface area contributed by atoms with Gasteiger partial charge in [-0.05, 0) is 13.0 Å². The van der Waals surface area contributed by atoms with Crippen molar-refractivity contribution < 1.29 is 9.48 Å². The van der Waals surface area contributed by atoms with E-state index in [-0.39, 0.29) is 11.9 Å². The zero-order valence-corrected chi connectivity index (χ0v) is 9.54. The lowest BCUT2D eigenvalue weighted by atomic mass is 10.2. The van der Waals surface area contributed by atoms with Crippen LogP contribution in [0.5, 0.6) is 0 Å². The maximum atomic E-state index is 11.2. The van der Waals surface area contributed by atoms with E-state index >= 15 is 0 Å². The molecule has 0 aromatic rings. The average molecular weight is 225 g/mol. The molecule has 2 rings (SSSR count). The molecule has 78 valence electrons. The monoisotopic (exact) mass is 224 g/mol. The number of hydrogen-bond acceptors (Lipinski definition) is 3. The minimum Gasteiger partial charge on any atom is -0.293 e. The SMILES string of the molecule is CC(=O)C1=N[N+]2=C(C)C(C)=NC2C(Cl)=C1. The Balaban J connectivity index is 2.53. The van der Waals surface area contributed by atoms with E-state index in [1.165, 1.54) is 6.92 Å².